The highest BCUT2D eigenvalue weighted by molar-refractivity contribution is 5.81. The van der Waals surface area contributed by atoms with E-state index in [1.807, 2.05) is 59.1 Å². The van der Waals surface area contributed by atoms with Gasteiger partial charge in [0.1, 0.15) is 5.82 Å². The maximum absolute atomic E-state index is 11.8. The predicted molar refractivity (Wildman–Crippen MR) is 78.1 cm³/mol. The minimum Gasteiger partial charge on any atom is -0.481 e. The van der Waals surface area contributed by atoms with E-state index in [1.165, 1.54) is 0 Å². The summed E-state index contributed by atoms with van der Waals surface area (Å²) in [6, 6.07) is 14.8. The number of fused-ring (bicyclic) bond motifs is 1. The summed E-state index contributed by atoms with van der Waals surface area (Å²) in [6.45, 7) is 1.72. The molecule has 1 atom stereocenters. The molecule has 0 aliphatic heterocycles. The van der Waals surface area contributed by atoms with Crippen LogP contribution in [-0.4, -0.2) is 25.7 Å². The largest absolute Gasteiger partial charge is 0.481 e. The molecule has 2 heterocycles. The monoisotopic (exact) mass is 281 g/mol. The van der Waals surface area contributed by atoms with Crippen molar-refractivity contribution >= 4 is 11.6 Å². The van der Waals surface area contributed by atoms with Gasteiger partial charge in [-0.1, -0.05) is 36.4 Å². The van der Waals surface area contributed by atoms with E-state index in [0.29, 0.717) is 11.5 Å². The molecule has 21 heavy (non-hydrogen) atoms. The smallest absolute Gasteiger partial charge is 0.314 e. The van der Waals surface area contributed by atoms with Crippen LogP contribution < -0.4 is 0 Å². The highest BCUT2D eigenvalue weighted by Gasteiger charge is 2.36. The topological polar surface area (TPSA) is 67.5 Å². The first kappa shape index (κ1) is 13.3. The number of carbonyl (C=O) groups is 1. The summed E-state index contributed by atoms with van der Waals surface area (Å²) < 4.78 is 1.82. The molecular weight excluding hydrogens is 266 g/mol. The number of carboxylic acid groups (broad SMARTS) is 1. The molecule has 0 aliphatic carbocycles. The number of aliphatic carboxylic acids is 1. The zero-order valence-electron chi connectivity index (χ0n) is 11.6. The van der Waals surface area contributed by atoms with E-state index in [4.69, 9.17) is 0 Å². The molecule has 0 fully saturated rings. The van der Waals surface area contributed by atoms with Crippen LogP contribution in [0.2, 0.25) is 0 Å². The number of rotatable bonds is 4. The van der Waals surface area contributed by atoms with Crippen molar-refractivity contribution in [3.63, 3.8) is 0 Å². The molecule has 1 unspecified atom stereocenters. The lowest BCUT2D eigenvalue weighted by molar-refractivity contribution is -0.143. The Morgan fingerprint density at radius 3 is 2.57 bits per heavy atom. The number of benzene rings is 1. The molecule has 1 aromatic carbocycles. The first-order valence-corrected chi connectivity index (χ1v) is 6.69. The third-order valence-corrected chi connectivity index (χ3v) is 3.78. The molecule has 5 nitrogen and oxygen atoms in total. The molecule has 3 rings (SSSR count). The second kappa shape index (κ2) is 5.01. The Bertz CT molecular complexity index is 782. The van der Waals surface area contributed by atoms with Crippen LogP contribution in [0.15, 0.2) is 54.7 Å². The quantitative estimate of drug-likeness (QED) is 0.797. The minimum atomic E-state index is -1.04. The summed E-state index contributed by atoms with van der Waals surface area (Å²) in [7, 11) is 0. The predicted octanol–water partition coefficient (Wildman–Crippen LogP) is 2.31. The Morgan fingerprint density at radius 1 is 1.14 bits per heavy atom. The van der Waals surface area contributed by atoms with Crippen molar-refractivity contribution in [2.24, 2.45) is 0 Å². The van der Waals surface area contributed by atoms with Gasteiger partial charge in [0, 0.05) is 12.6 Å². The Labute approximate surface area is 121 Å². The van der Waals surface area contributed by atoms with E-state index >= 15 is 0 Å². The molecule has 0 aliphatic rings. The first-order valence-electron chi connectivity index (χ1n) is 6.69. The van der Waals surface area contributed by atoms with Gasteiger partial charge in [-0.25, -0.2) is 0 Å². The Hall–Kier alpha value is -2.69. The van der Waals surface area contributed by atoms with E-state index in [-0.39, 0.29) is 6.42 Å². The van der Waals surface area contributed by atoms with Gasteiger partial charge >= 0.3 is 5.97 Å². The standard InChI is InChI=1S/C16H15N3O2/c1-16(15(20)21,12-7-3-2-4-8-12)11-14-18-17-13-9-5-6-10-19(13)14/h2-10H,11H2,1H3,(H,20,21). The fourth-order valence-corrected chi connectivity index (χ4v) is 2.43. The van der Waals surface area contributed by atoms with Crippen LogP contribution >= 0.6 is 0 Å². The molecule has 1 N–H and O–H groups in total. The van der Waals surface area contributed by atoms with Crippen molar-refractivity contribution in [2.45, 2.75) is 18.8 Å². The van der Waals surface area contributed by atoms with Gasteiger partial charge in [-0.05, 0) is 24.6 Å². The van der Waals surface area contributed by atoms with Crippen molar-refractivity contribution in [1.29, 1.82) is 0 Å². The number of aromatic nitrogens is 3. The SMILES string of the molecule is CC(Cc1nnc2ccccn12)(C(=O)O)c1ccccc1. The Morgan fingerprint density at radius 2 is 1.86 bits per heavy atom. The lowest BCUT2D eigenvalue weighted by Crippen LogP contribution is -2.35. The van der Waals surface area contributed by atoms with E-state index in [2.05, 4.69) is 10.2 Å². The highest BCUT2D eigenvalue weighted by atomic mass is 16.4. The van der Waals surface area contributed by atoms with E-state index < -0.39 is 11.4 Å². The molecule has 0 spiro atoms. The summed E-state index contributed by atoms with van der Waals surface area (Å²) in [5.74, 6) is -0.235. The number of hydrogen-bond donors (Lipinski definition) is 1. The molecule has 5 heteroatoms. The van der Waals surface area contributed by atoms with Crippen molar-refractivity contribution in [2.75, 3.05) is 0 Å². The van der Waals surface area contributed by atoms with Crippen LogP contribution in [0.3, 0.4) is 0 Å². The zero-order chi connectivity index (χ0) is 14.9. The van der Waals surface area contributed by atoms with E-state index in [0.717, 1.165) is 5.56 Å². The molecule has 106 valence electrons. The van der Waals surface area contributed by atoms with Gasteiger partial charge in [0.2, 0.25) is 0 Å². The average molecular weight is 281 g/mol. The zero-order valence-corrected chi connectivity index (χ0v) is 11.6. The Balaban J connectivity index is 2.06. The highest BCUT2D eigenvalue weighted by Crippen LogP contribution is 2.28. The number of hydrogen-bond acceptors (Lipinski definition) is 3. The van der Waals surface area contributed by atoms with Gasteiger partial charge in [-0.3, -0.25) is 9.20 Å². The number of carboxylic acids is 1. The third-order valence-electron chi connectivity index (χ3n) is 3.78. The van der Waals surface area contributed by atoms with E-state index in [9.17, 15) is 9.90 Å². The van der Waals surface area contributed by atoms with Crippen LogP contribution in [0.25, 0.3) is 5.65 Å². The normalized spacial score (nSPS) is 14.0. The molecular formula is C16H15N3O2. The summed E-state index contributed by atoms with van der Waals surface area (Å²) >= 11 is 0. The van der Waals surface area contributed by atoms with Gasteiger partial charge in [0.15, 0.2) is 5.65 Å². The van der Waals surface area contributed by atoms with Crippen LogP contribution in [-0.2, 0) is 16.6 Å². The summed E-state index contributed by atoms with van der Waals surface area (Å²) in [6.07, 6.45) is 2.12. The average Bonchev–Trinajstić information content (AvgIpc) is 2.91. The van der Waals surface area contributed by atoms with Crippen LogP contribution in [0.5, 0.6) is 0 Å². The second-order valence-corrected chi connectivity index (χ2v) is 5.23. The molecule has 0 bridgehead atoms. The number of nitrogens with zero attached hydrogens (tertiary/aromatic N) is 3. The first-order chi connectivity index (χ1) is 10.1. The lowest BCUT2D eigenvalue weighted by Gasteiger charge is -2.24. The van der Waals surface area contributed by atoms with Crippen molar-refractivity contribution in [3.05, 3.63) is 66.1 Å². The lowest BCUT2D eigenvalue weighted by atomic mass is 9.79. The van der Waals surface area contributed by atoms with Crippen LogP contribution in [0.4, 0.5) is 0 Å². The molecule has 0 saturated carbocycles. The molecule has 0 amide bonds. The molecule has 0 radical (unpaired) electrons. The number of pyridine rings is 1. The maximum atomic E-state index is 11.8. The van der Waals surface area contributed by atoms with Crippen LogP contribution in [0.1, 0.15) is 18.3 Å². The molecule has 0 saturated heterocycles. The van der Waals surface area contributed by atoms with Gasteiger partial charge in [-0.2, -0.15) is 0 Å². The minimum absolute atomic E-state index is 0.275. The van der Waals surface area contributed by atoms with Gasteiger partial charge in [0.25, 0.3) is 0 Å². The second-order valence-electron chi connectivity index (χ2n) is 5.23. The summed E-state index contributed by atoms with van der Waals surface area (Å²) in [5.41, 5.74) is 0.429. The molecule has 2 aromatic heterocycles. The van der Waals surface area contributed by atoms with Crippen molar-refractivity contribution in [3.8, 4) is 0 Å². The Kier molecular flexibility index (Phi) is 3.17. The van der Waals surface area contributed by atoms with Crippen molar-refractivity contribution in [1.82, 2.24) is 14.6 Å². The van der Waals surface area contributed by atoms with Crippen molar-refractivity contribution < 1.29 is 9.90 Å². The van der Waals surface area contributed by atoms with E-state index in [1.54, 1.807) is 6.92 Å². The summed E-state index contributed by atoms with van der Waals surface area (Å²) in [5, 5.41) is 17.9. The fraction of sp³-hybridized carbons (Fsp3) is 0.188. The van der Waals surface area contributed by atoms with Gasteiger partial charge < -0.3 is 5.11 Å². The van der Waals surface area contributed by atoms with Gasteiger partial charge in [0.05, 0.1) is 5.41 Å². The van der Waals surface area contributed by atoms with Crippen LogP contribution in [0, 0.1) is 0 Å². The molecule has 3 aromatic rings. The maximum Gasteiger partial charge on any atom is 0.314 e. The van der Waals surface area contributed by atoms with Gasteiger partial charge in [-0.15, -0.1) is 10.2 Å². The fourth-order valence-electron chi connectivity index (χ4n) is 2.43. The third kappa shape index (κ3) is 2.27. The summed E-state index contributed by atoms with van der Waals surface area (Å²) in [4.78, 5) is 11.8.